The van der Waals surface area contributed by atoms with Crippen LogP contribution in [-0.2, 0) is 11.8 Å². The van der Waals surface area contributed by atoms with Crippen LogP contribution in [-0.4, -0.2) is 47.4 Å². The van der Waals surface area contributed by atoms with Crippen molar-refractivity contribution in [3.05, 3.63) is 47.9 Å². The maximum absolute atomic E-state index is 13.3. The molecule has 10 heteroatoms. The molecule has 174 valence electrons. The minimum Gasteiger partial charge on any atom is -0.339 e. The number of pyridine rings is 1. The summed E-state index contributed by atoms with van der Waals surface area (Å²) in [4.78, 5) is 30.6. The minimum absolute atomic E-state index is 0.0753. The van der Waals surface area contributed by atoms with Crippen LogP contribution in [0.5, 0.6) is 0 Å². The number of aromatic nitrogens is 6. The molecule has 1 fully saturated rings. The van der Waals surface area contributed by atoms with Gasteiger partial charge in [-0.2, -0.15) is 5.10 Å². The summed E-state index contributed by atoms with van der Waals surface area (Å²) in [7, 11) is 1.71. The molecule has 0 bridgehead atoms. The molecule has 10 nitrogen and oxygen atoms in total. The fraction of sp³-hybridized carbons (Fsp3) is 0.478. The van der Waals surface area contributed by atoms with E-state index < -0.39 is 6.04 Å². The second-order valence-electron chi connectivity index (χ2n) is 8.56. The Morgan fingerprint density at radius 3 is 2.30 bits per heavy atom. The Morgan fingerprint density at radius 2 is 1.73 bits per heavy atom. The summed E-state index contributed by atoms with van der Waals surface area (Å²) >= 11 is 0. The maximum atomic E-state index is 13.3. The summed E-state index contributed by atoms with van der Waals surface area (Å²) in [6, 6.07) is 4.61. The Morgan fingerprint density at radius 1 is 1.03 bits per heavy atom. The lowest BCUT2D eigenvalue weighted by Crippen LogP contribution is -2.49. The van der Waals surface area contributed by atoms with Crippen molar-refractivity contribution < 1.29 is 9.59 Å². The highest BCUT2D eigenvalue weighted by Crippen LogP contribution is 2.26. The number of aryl methyl sites for hydroxylation is 3. The summed E-state index contributed by atoms with van der Waals surface area (Å²) in [6.07, 6.45) is 9.48. The molecule has 0 spiro atoms. The van der Waals surface area contributed by atoms with E-state index in [0.717, 1.165) is 55.9 Å². The van der Waals surface area contributed by atoms with Gasteiger partial charge in [-0.25, -0.2) is 4.98 Å². The topological polar surface area (TPSA) is 120 Å². The number of amides is 2. The van der Waals surface area contributed by atoms with Crippen molar-refractivity contribution in [2.24, 2.45) is 13.0 Å². The van der Waals surface area contributed by atoms with E-state index in [2.05, 4.69) is 30.9 Å². The first kappa shape index (κ1) is 22.6. The first-order chi connectivity index (χ1) is 15.9. The van der Waals surface area contributed by atoms with Gasteiger partial charge in [-0.3, -0.25) is 18.8 Å². The van der Waals surface area contributed by atoms with Gasteiger partial charge in [0, 0.05) is 13.2 Å². The molecule has 4 rings (SSSR count). The van der Waals surface area contributed by atoms with Gasteiger partial charge in [-0.05, 0) is 50.8 Å². The lowest BCUT2D eigenvalue weighted by molar-refractivity contribution is -0.119. The molecule has 3 aromatic rings. The number of carbonyl (C=O) groups excluding carboxylic acids is 2. The summed E-state index contributed by atoms with van der Waals surface area (Å²) in [5.41, 5.74) is 1.24. The molecule has 1 saturated carbocycles. The molecule has 0 radical (unpaired) electrons. The standard InChI is InChI=1S/C23H30N8O2/c1-15-28-29-16(2)31(15)18-10-11-20(24-14-18)26-23(33)21(17-8-6-4-5-7-9-17)27-22(32)19-12-13-25-30(19)3/h10-14,17,21H,4-9H2,1-3H3,(H,27,32)(H,24,26,33)/t21-/m0/s1. The van der Waals surface area contributed by atoms with Crippen molar-refractivity contribution in [1.29, 1.82) is 0 Å². The molecule has 1 aliphatic rings. The Balaban J connectivity index is 1.52. The molecule has 1 atom stereocenters. The number of nitrogens with one attached hydrogen (secondary N) is 2. The van der Waals surface area contributed by atoms with Crippen molar-refractivity contribution in [2.45, 2.75) is 58.4 Å². The zero-order valence-corrected chi connectivity index (χ0v) is 19.3. The maximum Gasteiger partial charge on any atom is 0.270 e. The van der Waals surface area contributed by atoms with Crippen molar-refractivity contribution in [2.75, 3.05) is 5.32 Å². The van der Waals surface area contributed by atoms with E-state index >= 15 is 0 Å². The van der Waals surface area contributed by atoms with Crippen molar-refractivity contribution in [3.63, 3.8) is 0 Å². The SMILES string of the molecule is Cc1nnc(C)n1-c1ccc(NC(=O)[C@@H](NC(=O)c2ccnn2C)C2CCCCCC2)nc1. The van der Waals surface area contributed by atoms with E-state index in [-0.39, 0.29) is 17.7 Å². The molecular formula is C23H30N8O2. The van der Waals surface area contributed by atoms with Crippen LogP contribution in [0.25, 0.3) is 5.69 Å². The highest BCUT2D eigenvalue weighted by atomic mass is 16.2. The third kappa shape index (κ3) is 5.10. The van der Waals surface area contributed by atoms with Crippen LogP contribution < -0.4 is 10.6 Å². The molecule has 3 aromatic heterocycles. The average molecular weight is 451 g/mol. The predicted octanol–water partition coefficient (Wildman–Crippen LogP) is 2.72. The van der Waals surface area contributed by atoms with Gasteiger partial charge in [0.2, 0.25) is 5.91 Å². The van der Waals surface area contributed by atoms with Gasteiger partial charge < -0.3 is 10.6 Å². The molecular weight excluding hydrogens is 420 g/mol. The van der Waals surface area contributed by atoms with Gasteiger partial charge in [0.25, 0.3) is 5.91 Å². The number of nitrogens with zero attached hydrogens (tertiary/aromatic N) is 6. The third-order valence-corrected chi connectivity index (χ3v) is 6.24. The first-order valence-electron chi connectivity index (χ1n) is 11.4. The van der Waals surface area contributed by atoms with Crippen molar-refractivity contribution in [3.8, 4) is 5.69 Å². The van der Waals surface area contributed by atoms with Crippen molar-refractivity contribution in [1.82, 2.24) is 34.8 Å². The van der Waals surface area contributed by atoms with E-state index in [9.17, 15) is 9.59 Å². The van der Waals surface area contributed by atoms with E-state index in [1.807, 2.05) is 24.5 Å². The quantitative estimate of drug-likeness (QED) is 0.557. The Bertz CT molecular complexity index is 1090. The zero-order valence-electron chi connectivity index (χ0n) is 19.3. The summed E-state index contributed by atoms with van der Waals surface area (Å²) < 4.78 is 3.40. The second kappa shape index (κ2) is 9.93. The average Bonchev–Trinajstić information content (AvgIpc) is 3.26. The molecule has 33 heavy (non-hydrogen) atoms. The van der Waals surface area contributed by atoms with Crippen LogP contribution in [0.2, 0.25) is 0 Å². The largest absolute Gasteiger partial charge is 0.339 e. The van der Waals surface area contributed by atoms with Crippen LogP contribution in [0.3, 0.4) is 0 Å². The molecule has 0 unspecified atom stereocenters. The summed E-state index contributed by atoms with van der Waals surface area (Å²) in [5.74, 6) is 1.47. The molecule has 0 aliphatic heterocycles. The zero-order chi connectivity index (χ0) is 23.4. The van der Waals surface area contributed by atoms with Crippen LogP contribution in [0.15, 0.2) is 30.6 Å². The lowest BCUT2D eigenvalue weighted by atomic mass is 9.91. The predicted molar refractivity (Wildman–Crippen MR) is 123 cm³/mol. The van der Waals surface area contributed by atoms with Gasteiger partial charge in [-0.15, -0.1) is 10.2 Å². The first-order valence-corrected chi connectivity index (χ1v) is 11.4. The van der Waals surface area contributed by atoms with E-state index in [4.69, 9.17) is 0 Å². The normalized spacial score (nSPS) is 15.6. The Kier molecular flexibility index (Phi) is 6.81. The van der Waals surface area contributed by atoms with Crippen molar-refractivity contribution >= 4 is 17.6 Å². The van der Waals surface area contributed by atoms with Gasteiger partial charge in [0.1, 0.15) is 29.2 Å². The molecule has 2 N–H and O–H groups in total. The lowest BCUT2D eigenvalue weighted by Gasteiger charge is -2.26. The van der Waals surface area contributed by atoms with Crippen LogP contribution in [0.4, 0.5) is 5.82 Å². The molecule has 1 aliphatic carbocycles. The van der Waals surface area contributed by atoms with E-state index in [1.165, 1.54) is 4.68 Å². The summed E-state index contributed by atoms with van der Waals surface area (Å²) in [5, 5.41) is 18.1. The Labute approximate surface area is 192 Å². The van der Waals surface area contributed by atoms with Gasteiger partial charge in [0.15, 0.2) is 0 Å². The number of hydrogen-bond donors (Lipinski definition) is 2. The monoisotopic (exact) mass is 450 g/mol. The second-order valence-corrected chi connectivity index (χ2v) is 8.56. The summed E-state index contributed by atoms with van der Waals surface area (Å²) in [6.45, 7) is 3.75. The number of hydrogen-bond acceptors (Lipinski definition) is 6. The highest BCUT2D eigenvalue weighted by Gasteiger charge is 2.31. The highest BCUT2D eigenvalue weighted by molar-refractivity contribution is 6.00. The number of rotatable bonds is 6. The van der Waals surface area contributed by atoms with Crippen LogP contribution >= 0.6 is 0 Å². The number of carbonyl (C=O) groups is 2. The van der Waals surface area contributed by atoms with Crippen LogP contribution in [0.1, 0.15) is 60.7 Å². The third-order valence-electron chi connectivity index (χ3n) is 6.24. The van der Waals surface area contributed by atoms with E-state index in [1.54, 1.807) is 31.6 Å². The molecule has 0 aromatic carbocycles. The fourth-order valence-electron chi connectivity index (χ4n) is 4.49. The molecule has 2 amide bonds. The Hall–Kier alpha value is -3.56. The minimum atomic E-state index is -0.644. The molecule has 0 saturated heterocycles. The van der Waals surface area contributed by atoms with Gasteiger partial charge in [-0.1, -0.05) is 25.7 Å². The van der Waals surface area contributed by atoms with Gasteiger partial charge >= 0.3 is 0 Å². The van der Waals surface area contributed by atoms with Crippen LogP contribution in [0, 0.1) is 19.8 Å². The number of anilines is 1. The van der Waals surface area contributed by atoms with E-state index in [0.29, 0.717) is 11.5 Å². The smallest absolute Gasteiger partial charge is 0.270 e. The molecule has 3 heterocycles. The fourth-order valence-corrected chi connectivity index (χ4v) is 4.49. The van der Waals surface area contributed by atoms with Gasteiger partial charge in [0.05, 0.1) is 11.9 Å².